The Hall–Kier alpha value is -1.31. The smallest absolute Gasteiger partial charge is 0.0554 e. The fourth-order valence-corrected chi connectivity index (χ4v) is 1.16. The number of nitrogens with one attached hydrogen (secondary N) is 1. The highest BCUT2D eigenvalue weighted by Crippen LogP contribution is 2.18. The topological polar surface area (TPSA) is 24.9 Å². The first-order valence-electron chi connectivity index (χ1n) is 6.28. The predicted molar refractivity (Wildman–Crippen MR) is 79.8 cm³/mol. The van der Waals surface area contributed by atoms with Crippen LogP contribution in [0.4, 0.5) is 5.69 Å². The van der Waals surface area contributed by atoms with E-state index in [0.717, 1.165) is 11.4 Å². The lowest BCUT2D eigenvalue weighted by Gasteiger charge is -2.08. The second kappa shape index (κ2) is 11.2. The summed E-state index contributed by atoms with van der Waals surface area (Å²) in [5.41, 5.74) is 3.53. The van der Waals surface area contributed by atoms with Gasteiger partial charge in [-0.2, -0.15) is 0 Å². The third-order valence-corrected chi connectivity index (χ3v) is 1.99. The van der Waals surface area contributed by atoms with E-state index < -0.39 is 0 Å². The molecule has 17 heavy (non-hydrogen) atoms. The molecule has 1 rings (SSSR count). The van der Waals surface area contributed by atoms with Gasteiger partial charge in [-0.3, -0.25) is 4.98 Å². The standard InChI is InChI=1S/C10H16N2.C3H6.C2H6/c1-7(2)9-5-8(3)10(11-4)6-12-9;1-3-2;1-2/h5-7,11H,1-4H3;3H,1H2,2H3;1-2H3. The summed E-state index contributed by atoms with van der Waals surface area (Å²) in [6.07, 6.45) is 3.64. The largest absolute Gasteiger partial charge is 0.387 e. The van der Waals surface area contributed by atoms with E-state index in [9.17, 15) is 0 Å². The Bertz CT molecular complexity index is 304. The quantitative estimate of drug-likeness (QED) is 0.748. The Morgan fingerprint density at radius 3 is 2.12 bits per heavy atom. The van der Waals surface area contributed by atoms with Crippen molar-refractivity contribution in [1.82, 2.24) is 4.98 Å². The maximum Gasteiger partial charge on any atom is 0.0554 e. The van der Waals surface area contributed by atoms with Crippen LogP contribution >= 0.6 is 0 Å². The van der Waals surface area contributed by atoms with Crippen LogP contribution in [0.5, 0.6) is 0 Å². The van der Waals surface area contributed by atoms with Gasteiger partial charge in [0.05, 0.1) is 11.9 Å². The van der Waals surface area contributed by atoms with Gasteiger partial charge in [-0.05, 0) is 31.4 Å². The molecule has 0 radical (unpaired) electrons. The van der Waals surface area contributed by atoms with Gasteiger partial charge in [-0.1, -0.05) is 33.8 Å². The van der Waals surface area contributed by atoms with Crippen LogP contribution < -0.4 is 5.32 Å². The fraction of sp³-hybridized carbons (Fsp3) is 0.533. The molecule has 1 aromatic rings. The summed E-state index contributed by atoms with van der Waals surface area (Å²) in [6.45, 7) is 15.7. The van der Waals surface area contributed by atoms with Crippen molar-refractivity contribution in [3.63, 3.8) is 0 Å². The molecule has 98 valence electrons. The van der Waals surface area contributed by atoms with Crippen LogP contribution in [0.25, 0.3) is 0 Å². The Balaban J connectivity index is 0. The van der Waals surface area contributed by atoms with Gasteiger partial charge in [-0.25, -0.2) is 0 Å². The zero-order chi connectivity index (χ0) is 13.8. The predicted octanol–water partition coefficient (Wildman–Crippen LogP) is 4.77. The van der Waals surface area contributed by atoms with Crippen molar-refractivity contribution in [3.8, 4) is 0 Å². The molecule has 0 aliphatic heterocycles. The van der Waals surface area contributed by atoms with Gasteiger partial charge in [0.25, 0.3) is 0 Å². The first kappa shape index (κ1) is 18.1. The molecule has 0 amide bonds. The molecule has 0 unspecified atom stereocenters. The molecule has 2 heteroatoms. The van der Waals surface area contributed by atoms with Crippen LogP contribution in [-0.4, -0.2) is 12.0 Å². The lowest BCUT2D eigenvalue weighted by Crippen LogP contribution is -1.97. The summed E-state index contributed by atoms with van der Waals surface area (Å²) in [7, 11) is 1.92. The van der Waals surface area contributed by atoms with Crippen LogP contribution in [0.2, 0.25) is 0 Å². The second-order valence-electron chi connectivity index (χ2n) is 3.74. The van der Waals surface area contributed by atoms with Gasteiger partial charge in [-0.15, -0.1) is 6.58 Å². The van der Waals surface area contributed by atoms with Gasteiger partial charge < -0.3 is 5.32 Å². The number of hydrogen-bond donors (Lipinski definition) is 1. The Morgan fingerprint density at radius 1 is 1.35 bits per heavy atom. The van der Waals surface area contributed by atoms with Gasteiger partial charge >= 0.3 is 0 Å². The molecule has 1 heterocycles. The van der Waals surface area contributed by atoms with E-state index >= 15 is 0 Å². The molecule has 0 aromatic carbocycles. The SMILES string of the molecule is C=CC.CC.CNc1cnc(C(C)C)cc1C. The average molecular weight is 236 g/mol. The Labute approximate surface area is 107 Å². The molecule has 2 nitrogen and oxygen atoms in total. The number of anilines is 1. The minimum Gasteiger partial charge on any atom is -0.387 e. The number of rotatable bonds is 2. The Kier molecular flexibility index (Phi) is 11.9. The van der Waals surface area contributed by atoms with Gasteiger partial charge in [0.2, 0.25) is 0 Å². The molecule has 1 aromatic heterocycles. The average Bonchev–Trinajstić information content (AvgIpc) is 2.32. The molecule has 0 saturated heterocycles. The zero-order valence-electron chi connectivity index (χ0n) is 12.5. The van der Waals surface area contributed by atoms with E-state index in [-0.39, 0.29) is 0 Å². The lowest BCUT2D eigenvalue weighted by molar-refractivity contribution is 0.821. The number of pyridine rings is 1. The summed E-state index contributed by atoms with van der Waals surface area (Å²) in [5, 5.41) is 3.10. The molecule has 0 bridgehead atoms. The van der Waals surface area contributed by atoms with Crippen molar-refractivity contribution in [2.24, 2.45) is 0 Å². The number of nitrogens with zero attached hydrogens (tertiary/aromatic N) is 1. The van der Waals surface area contributed by atoms with Crippen molar-refractivity contribution < 1.29 is 0 Å². The number of allylic oxidation sites excluding steroid dienone is 1. The third-order valence-electron chi connectivity index (χ3n) is 1.99. The van der Waals surface area contributed by atoms with Crippen LogP contribution in [-0.2, 0) is 0 Å². The first-order valence-corrected chi connectivity index (χ1v) is 6.28. The van der Waals surface area contributed by atoms with Crippen molar-refractivity contribution in [2.45, 2.75) is 47.5 Å². The summed E-state index contributed by atoms with van der Waals surface area (Å²) < 4.78 is 0. The molecule has 0 aliphatic rings. The van der Waals surface area contributed by atoms with Crippen LogP contribution in [0.15, 0.2) is 24.9 Å². The molecular formula is C15H28N2. The van der Waals surface area contributed by atoms with E-state index in [2.05, 4.69) is 43.7 Å². The highest BCUT2D eigenvalue weighted by molar-refractivity contribution is 5.48. The summed E-state index contributed by atoms with van der Waals surface area (Å²) in [6, 6.07) is 2.14. The van der Waals surface area contributed by atoms with Gasteiger partial charge in [0.1, 0.15) is 0 Å². The number of aromatic nitrogens is 1. The maximum absolute atomic E-state index is 4.35. The van der Waals surface area contributed by atoms with E-state index in [1.807, 2.05) is 34.0 Å². The second-order valence-corrected chi connectivity index (χ2v) is 3.74. The lowest BCUT2D eigenvalue weighted by atomic mass is 10.1. The first-order chi connectivity index (χ1) is 8.06. The highest BCUT2D eigenvalue weighted by atomic mass is 14.9. The van der Waals surface area contributed by atoms with E-state index in [0.29, 0.717) is 5.92 Å². The van der Waals surface area contributed by atoms with E-state index in [1.54, 1.807) is 6.08 Å². The molecule has 1 N–H and O–H groups in total. The van der Waals surface area contributed by atoms with Crippen molar-refractivity contribution >= 4 is 5.69 Å². The third kappa shape index (κ3) is 7.56. The highest BCUT2D eigenvalue weighted by Gasteiger charge is 2.02. The van der Waals surface area contributed by atoms with Crippen molar-refractivity contribution in [3.05, 3.63) is 36.2 Å². The van der Waals surface area contributed by atoms with Crippen LogP contribution in [0, 0.1) is 6.92 Å². The minimum absolute atomic E-state index is 0.509. The number of hydrogen-bond acceptors (Lipinski definition) is 2. The van der Waals surface area contributed by atoms with E-state index in [1.165, 1.54) is 5.56 Å². The normalized spacial score (nSPS) is 8.47. The molecule has 0 aliphatic carbocycles. The summed E-state index contributed by atoms with van der Waals surface area (Å²) in [4.78, 5) is 4.35. The minimum atomic E-state index is 0.509. The monoisotopic (exact) mass is 236 g/mol. The summed E-state index contributed by atoms with van der Waals surface area (Å²) in [5.74, 6) is 0.509. The van der Waals surface area contributed by atoms with Gasteiger partial charge in [0.15, 0.2) is 0 Å². The van der Waals surface area contributed by atoms with Crippen molar-refractivity contribution in [1.29, 1.82) is 0 Å². The molecule has 0 atom stereocenters. The Morgan fingerprint density at radius 2 is 1.82 bits per heavy atom. The zero-order valence-corrected chi connectivity index (χ0v) is 12.5. The molecular weight excluding hydrogens is 208 g/mol. The van der Waals surface area contributed by atoms with Crippen LogP contribution in [0.1, 0.15) is 51.8 Å². The van der Waals surface area contributed by atoms with E-state index in [4.69, 9.17) is 0 Å². The molecule has 0 saturated carbocycles. The maximum atomic E-state index is 4.35. The molecule has 0 spiro atoms. The summed E-state index contributed by atoms with van der Waals surface area (Å²) >= 11 is 0. The molecule has 0 fully saturated rings. The fourth-order valence-electron chi connectivity index (χ4n) is 1.16. The van der Waals surface area contributed by atoms with Gasteiger partial charge in [0, 0.05) is 12.7 Å². The van der Waals surface area contributed by atoms with Crippen molar-refractivity contribution in [2.75, 3.05) is 12.4 Å². The van der Waals surface area contributed by atoms with Crippen LogP contribution in [0.3, 0.4) is 0 Å². The number of aryl methyl sites for hydroxylation is 1.